The van der Waals surface area contributed by atoms with Gasteiger partial charge in [-0.3, -0.25) is 4.79 Å². The summed E-state index contributed by atoms with van der Waals surface area (Å²) >= 11 is 0. The zero-order chi connectivity index (χ0) is 12.0. The minimum atomic E-state index is -0.0265. The van der Waals surface area contributed by atoms with Crippen LogP contribution in [0.5, 0.6) is 0 Å². The van der Waals surface area contributed by atoms with Gasteiger partial charge in [0.1, 0.15) is 0 Å². The molecule has 0 radical (unpaired) electrons. The normalized spacial score (nSPS) is 22.1. The van der Waals surface area contributed by atoms with Crippen molar-refractivity contribution < 1.29 is 9.53 Å². The smallest absolute Gasteiger partial charge is 0.227 e. The van der Waals surface area contributed by atoms with Crippen molar-refractivity contribution >= 4 is 5.91 Å². The highest BCUT2D eigenvalue weighted by atomic mass is 16.5. The molecule has 16 heavy (non-hydrogen) atoms. The van der Waals surface area contributed by atoms with Crippen molar-refractivity contribution in [3.8, 4) is 0 Å². The van der Waals surface area contributed by atoms with E-state index in [4.69, 9.17) is 10.5 Å². The van der Waals surface area contributed by atoms with Crippen LogP contribution in [0.2, 0.25) is 0 Å². The topological polar surface area (TPSA) is 55.6 Å². The van der Waals surface area contributed by atoms with Crippen LogP contribution in [0.25, 0.3) is 0 Å². The van der Waals surface area contributed by atoms with Gasteiger partial charge in [0, 0.05) is 26.2 Å². The summed E-state index contributed by atoms with van der Waals surface area (Å²) in [6, 6.07) is 0. The molecule has 1 amide bonds. The van der Waals surface area contributed by atoms with Gasteiger partial charge in [-0.1, -0.05) is 6.92 Å². The monoisotopic (exact) mass is 228 g/mol. The van der Waals surface area contributed by atoms with Gasteiger partial charge in [-0.15, -0.1) is 0 Å². The van der Waals surface area contributed by atoms with E-state index < -0.39 is 0 Å². The first kappa shape index (κ1) is 13.5. The first-order valence-corrected chi connectivity index (χ1v) is 6.33. The maximum Gasteiger partial charge on any atom is 0.227 e. The molecular weight excluding hydrogens is 204 g/mol. The average molecular weight is 228 g/mol. The minimum Gasteiger partial charge on any atom is -0.376 e. The maximum atomic E-state index is 12.1. The van der Waals surface area contributed by atoms with Crippen LogP contribution in [-0.4, -0.2) is 43.2 Å². The van der Waals surface area contributed by atoms with Crippen LogP contribution in [0.1, 0.15) is 33.1 Å². The highest BCUT2D eigenvalue weighted by Gasteiger charge is 2.25. The zero-order valence-corrected chi connectivity index (χ0v) is 10.4. The number of hydrogen-bond acceptors (Lipinski definition) is 3. The first-order chi connectivity index (χ1) is 7.72. The number of likely N-dealkylation sites (N-methyl/N-ethyl adjacent to an activating group) is 1. The number of carbonyl (C=O) groups is 1. The molecule has 2 atom stereocenters. The summed E-state index contributed by atoms with van der Waals surface area (Å²) in [4.78, 5) is 14.0. The van der Waals surface area contributed by atoms with E-state index >= 15 is 0 Å². The molecule has 0 bridgehead atoms. The average Bonchev–Trinajstić information content (AvgIpc) is 2.80. The Labute approximate surface area is 98.1 Å². The molecule has 1 rings (SSSR count). The fourth-order valence-electron chi connectivity index (χ4n) is 2.11. The summed E-state index contributed by atoms with van der Waals surface area (Å²) in [6.45, 7) is 6.77. The fraction of sp³-hybridized carbons (Fsp3) is 0.917. The number of ether oxygens (including phenoxy) is 1. The van der Waals surface area contributed by atoms with Gasteiger partial charge in [0.15, 0.2) is 0 Å². The van der Waals surface area contributed by atoms with Gasteiger partial charge in [0.2, 0.25) is 5.91 Å². The molecule has 0 aromatic heterocycles. The Morgan fingerprint density at radius 3 is 2.75 bits per heavy atom. The summed E-state index contributed by atoms with van der Waals surface area (Å²) < 4.78 is 5.56. The van der Waals surface area contributed by atoms with Gasteiger partial charge in [-0.2, -0.15) is 0 Å². The van der Waals surface area contributed by atoms with Crippen LogP contribution in [0, 0.1) is 5.92 Å². The quantitative estimate of drug-likeness (QED) is 0.738. The molecule has 0 spiro atoms. The Balaban J connectivity index is 2.48. The third-order valence-electron chi connectivity index (χ3n) is 3.27. The van der Waals surface area contributed by atoms with Gasteiger partial charge in [-0.25, -0.2) is 0 Å². The Kier molecular flexibility index (Phi) is 5.77. The molecular formula is C12H24N2O2. The standard InChI is InChI=1S/C12H24N2O2/c1-3-10(8-13)12(15)14(4-2)9-11-6-5-7-16-11/h10-11H,3-9,13H2,1-2H3. The van der Waals surface area contributed by atoms with Crippen molar-refractivity contribution in [3.05, 3.63) is 0 Å². The van der Waals surface area contributed by atoms with Gasteiger partial charge < -0.3 is 15.4 Å². The molecule has 0 aliphatic carbocycles. The molecule has 2 unspecified atom stereocenters. The van der Waals surface area contributed by atoms with Crippen LogP contribution in [-0.2, 0) is 9.53 Å². The summed E-state index contributed by atoms with van der Waals surface area (Å²) in [5, 5.41) is 0. The van der Waals surface area contributed by atoms with E-state index in [9.17, 15) is 4.79 Å². The largest absolute Gasteiger partial charge is 0.376 e. The number of carbonyl (C=O) groups excluding carboxylic acids is 1. The Bertz CT molecular complexity index is 211. The summed E-state index contributed by atoms with van der Waals surface area (Å²) in [7, 11) is 0. The van der Waals surface area contributed by atoms with Crippen molar-refractivity contribution in [2.45, 2.75) is 39.2 Å². The Morgan fingerprint density at radius 1 is 1.56 bits per heavy atom. The molecule has 1 heterocycles. The zero-order valence-electron chi connectivity index (χ0n) is 10.4. The van der Waals surface area contributed by atoms with E-state index in [0.29, 0.717) is 6.54 Å². The van der Waals surface area contributed by atoms with Gasteiger partial charge in [0.05, 0.1) is 12.0 Å². The third-order valence-corrected chi connectivity index (χ3v) is 3.27. The Morgan fingerprint density at radius 2 is 2.31 bits per heavy atom. The lowest BCUT2D eigenvalue weighted by molar-refractivity contribution is -0.136. The fourth-order valence-corrected chi connectivity index (χ4v) is 2.11. The van der Waals surface area contributed by atoms with Crippen LogP contribution in [0.15, 0.2) is 0 Å². The molecule has 1 aliphatic rings. The summed E-state index contributed by atoms with van der Waals surface area (Å²) in [5.74, 6) is 0.157. The minimum absolute atomic E-state index is 0.0265. The highest BCUT2D eigenvalue weighted by Crippen LogP contribution is 2.15. The number of amides is 1. The molecule has 4 heteroatoms. The molecule has 1 saturated heterocycles. The van der Waals surface area contributed by atoms with Gasteiger partial charge in [-0.05, 0) is 26.2 Å². The van der Waals surface area contributed by atoms with Crippen LogP contribution >= 0.6 is 0 Å². The third kappa shape index (κ3) is 3.46. The predicted molar refractivity (Wildman–Crippen MR) is 64.1 cm³/mol. The lowest BCUT2D eigenvalue weighted by atomic mass is 10.0. The van der Waals surface area contributed by atoms with E-state index in [0.717, 1.165) is 39.0 Å². The maximum absolute atomic E-state index is 12.1. The number of hydrogen-bond donors (Lipinski definition) is 1. The Hall–Kier alpha value is -0.610. The second-order valence-electron chi connectivity index (χ2n) is 4.35. The van der Waals surface area contributed by atoms with Crippen molar-refractivity contribution in [1.29, 1.82) is 0 Å². The molecule has 0 aromatic rings. The molecule has 1 aliphatic heterocycles. The van der Waals surface area contributed by atoms with Crippen molar-refractivity contribution in [3.63, 3.8) is 0 Å². The van der Waals surface area contributed by atoms with E-state index in [-0.39, 0.29) is 17.9 Å². The second kappa shape index (κ2) is 6.86. The predicted octanol–water partition coefficient (Wildman–Crippen LogP) is 0.999. The van der Waals surface area contributed by atoms with Crippen LogP contribution in [0.4, 0.5) is 0 Å². The summed E-state index contributed by atoms with van der Waals surface area (Å²) in [5.41, 5.74) is 5.61. The SMILES string of the molecule is CCC(CN)C(=O)N(CC)CC1CCCO1. The van der Waals surface area contributed by atoms with E-state index in [2.05, 4.69) is 0 Å². The second-order valence-corrected chi connectivity index (χ2v) is 4.35. The number of rotatable bonds is 6. The lowest BCUT2D eigenvalue weighted by Gasteiger charge is -2.27. The number of nitrogens with zero attached hydrogens (tertiary/aromatic N) is 1. The van der Waals surface area contributed by atoms with Crippen molar-refractivity contribution in [1.82, 2.24) is 4.90 Å². The molecule has 0 aromatic carbocycles. The van der Waals surface area contributed by atoms with Crippen molar-refractivity contribution in [2.24, 2.45) is 11.7 Å². The highest BCUT2D eigenvalue weighted by molar-refractivity contribution is 5.79. The molecule has 0 saturated carbocycles. The molecule has 2 N–H and O–H groups in total. The van der Waals surface area contributed by atoms with Gasteiger partial charge in [0.25, 0.3) is 0 Å². The van der Waals surface area contributed by atoms with E-state index in [1.54, 1.807) is 0 Å². The van der Waals surface area contributed by atoms with Gasteiger partial charge >= 0.3 is 0 Å². The van der Waals surface area contributed by atoms with Crippen LogP contribution in [0.3, 0.4) is 0 Å². The van der Waals surface area contributed by atoms with E-state index in [1.807, 2.05) is 18.7 Å². The molecule has 4 nitrogen and oxygen atoms in total. The number of nitrogens with two attached hydrogens (primary N) is 1. The lowest BCUT2D eigenvalue weighted by Crippen LogP contribution is -2.42. The summed E-state index contributed by atoms with van der Waals surface area (Å²) in [6.07, 6.45) is 3.24. The molecule has 1 fully saturated rings. The van der Waals surface area contributed by atoms with Crippen LogP contribution < -0.4 is 5.73 Å². The first-order valence-electron chi connectivity index (χ1n) is 6.33. The van der Waals surface area contributed by atoms with Crippen molar-refractivity contribution in [2.75, 3.05) is 26.2 Å². The van der Waals surface area contributed by atoms with E-state index in [1.165, 1.54) is 0 Å². The molecule has 94 valence electrons.